The fourth-order valence-electron chi connectivity index (χ4n) is 2.23. The summed E-state index contributed by atoms with van der Waals surface area (Å²) in [5.74, 6) is 0. The van der Waals surface area contributed by atoms with Crippen LogP contribution in [0.4, 0.5) is 5.69 Å². The van der Waals surface area contributed by atoms with Crippen molar-refractivity contribution in [2.24, 2.45) is 5.18 Å². The molecule has 0 bridgehead atoms. The van der Waals surface area contributed by atoms with Crippen molar-refractivity contribution in [3.63, 3.8) is 0 Å². The highest BCUT2D eigenvalue weighted by molar-refractivity contribution is 5.91. The van der Waals surface area contributed by atoms with Gasteiger partial charge < -0.3 is 0 Å². The molecule has 0 atom stereocenters. The van der Waals surface area contributed by atoms with Crippen LogP contribution in [0.2, 0.25) is 0 Å². The average molecular weight is 249 g/mol. The molecule has 0 fully saturated rings. The summed E-state index contributed by atoms with van der Waals surface area (Å²) in [6.07, 6.45) is 4.01. The molecule has 3 nitrogen and oxygen atoms in total. The van der Waals surface area contributed by atoms with E-state index in [0.717, 1.165) is 17.3 Å². The predicted molar refractivity (Wildman–Crippen MR) is 75.1 cm³/mol. The first-order valence-corrected chi connectivity index (χ1v) is 6.16. The van der Waals surface area contributed by atoms with E-state index in [1.165, 1.54) is 5.56 Å². The fraction of sp³-hybridized carbons (Fsp3) is 0.0625. The number of hydrogen-bond donors (Lipinski definition) is 0. The van der Waals surface area contributed by atoms with Crippen molar-refractivity contribution in [2.45, 2.75) is 6.54 Å². The van der Waals surface area contributed by atoms with Gasteiger partial charge in [0.1, 0.15) is 5.69 Å². The van der Waals surface area contributed by atoms with E-state index >= 15 is 0 Å². The molecule has 0 N–H and O–H groups in total. The number of aromatic nitrogens is 1. The third-order valence-electron chi connectivity index (χ3n) is 3.16. The molecule has 0 amide bonds. The highest BCUT2D eigenvalue weighted by Crippen LogP contribution is 2.23. The minimum absolute atomic E-state index is 0.490. The van der Waals surface area contributed by atoms with Gasteiger partial charge in [-0.2, -0.15) is 0 Å². The topological polar surface area (TPSA) is 33.3 Å². The first-order chi connectivity index (χ1) is 9.36. The Balaban J connectivity index is 2.01. The second kappa shape index (κ2) is 4.98. The summed E-state index contributed by atoms with van der Waals surface area (Å²) in [7, 11) is 0. The van der Waals surface area contributed by atoms with E-state index in [4.69, 9.17) is 0 Å². The van der Waals surface area contributed by atoms with Gasteiger partial charge in [0.15, 0.2) is 18.9 Å². The monoisotopic (exact) mass is 249 g/mol. The maximum atomic E-state index is 10.7. The second-order valence-corrected chi connectivity index (χ2v) is 4.47. The van der Waals surface area contributed by atoms with Crippen LogP contribution in [0.15, 0.2) is 72.2 Å². The molecule has 1 aromatic heterocycles. The van der Waals surface area contributed by atoms with E-state index in [1.807, 2.05) is 48.8 Å². The molecule has 0 saturated heterocycles. The third kappa shape index (κ3) is 2.36. The van der Waals surface area contributed by atoms with Crippen LogP contribution < -0.4 is 4.57 Å². The van der Waals surface area contributed by atoms with Crippen molar-refractivity contribution in [2.75, 3.05) is 0 Å². The van der Waals surface area contributed by atoms with Crippen molar-refractivity contribution >= 4 is 16.5 Å². The SMILES string of the molecule is O=Nc1cccc2c[n+](Cc3ccccc3)ccc12. The van der Waals surface area contributed by atoms with Crippen LogP contribution in [0.5, 0.6) is 0 Å². The third-order valence-corrected chi connectivity index (χ3v) is 3.16. The number of nitrogens with zero attached hydrogens (tertiary/aromatic N) is 2. The molecule has 1 heterocycles. The van der Waals surface area contributed by atoms with Gasteiger partial charge in [-0.3, -0.25) is 0 Å². The standard InChI is InChI=1S/C16H13N2O/c19-17-16-8-4-7-14-12-18(10-9-15(14)16)11-13-5-2-1-3-6-13/h1-10,12H,11H2/q+1. The Morgan fingerprint density at radius 1 is 0.947 bits per heavy atom. The summed E-state index contributed by atoms with van der Waals surface area (Å²) in [6.45, 7) is 0.815. The van der Waals surface area contributed by atoms with Crippen LogP contribution in [-0.2, 0) is 6.54 Å². The highest BCUT2D eigenvalue weighted by atomic mass is 16.3. The number of benzene rings is 2. The lowest BCUT2D eigenvalue weighted by Crippen LogP contribution is -2.33. The fourth-order valence-corrected chi connectivity index (χ4v) is 2.23. The zero-order chi connectivity index (χ0) is 13.1. The van der Waals surface area contributed by atoms with Gasteiger partial charge in [-0.1, -0.05) is 36.4 Å². The molecule has 0 radical (unpaired) electrons. The summed E-state index contributed by atoms with van der Waals surface area (Å²) in [5, 5.41) is 4.97. The Bertz CT molecular complexity index is 723. The Labute approximate surface area is 111 Å². The van der Waals surface area contributed by atoms with E-state index in [2.05, 4.69) is 21.9 Å². The van der Waals surface area contributed by atoms with Gasteiger partial charge in [-0.05, 0) is 17.3 Å². The summed E-state index contributed by atoms with van der Waals surface area (Å²) in [5.41, 5.74) is 1.74. The Kier molecular flexibility index (Phi) is 3.02. The Morgan fingerprint density at radius 2 is 1.79 bits per heavy atom. The van der Waals surface area contributed by atoms with Gasteiger partial charge in [0.05, 0.1) is 0 Å². The van der Waals surface area contributed by atoms with Crippen LogP contribution in [0.25, 0.3) is 10.8 Å². The first kappa shape index (κ1) is 11.5. The normalized spacial score (nSPS) is 10.5. The number of hydrogen-bond acceptors (Lipinski definition) is 2. The van der Waals surface area contributed by atoms with Gasteiger partial charge in [0.2, 0.25) is 0 Å². The molecule has 19 heavy (non-hydrogen) atoms. The quantitative estimate of drug-likeness (QED) is 0.516. The second-order valence-electron chi connectivity index (χ2n) is 4.47. The zero-order valence-corrected chi connectivity index (χ0v) is 10.4. The molecule has 2 aromatic carbocycles. The van der Waals surface area contributed by atoms with Crippen molar-refractivity contribution < 1.29 is 4.57 Å². The summed E-state index contributed by atoms with van der Waals surface area (Å²) < 4.78 is 2.10. The van der Waals surface area contributed by atoms with Gasteiger partial charge in [0, 0.05) is 22.4 Å². The summed E-state index contributed by atoms with van der Waals surface area (Å²) >= 11 is 0. The van der Waals surface area contributed by atoms with Crippen LogP contribution in [-0.4, -0.2) is 0 Å². The number of rotatable bonds is 3. The number of pyridine rings is 1. The van der Waals surface area contributed by atoms with Gasteiger partial charge in [-0.25, -0.2) is 4.57 Å². The van der Waals surface area contributed by atoms with E-state index in [0.29, 0.717) is 5.69 Å². The molecule has 0 aliphatic heterocycles. The van der Waals surface area contributed by atoms with Crippen molar-refractivity contribution in [3.8, 4) is 0 Å². The minimum atomic E-state index is 0.490. The highest BCUT2D eigenvalue weighted by Gasteiger charge is 2.07. The molecular weight excluding hydrogens is 236 g/mol. The van der Waals surface area contributed by atoms with Gasteiger partial charge >= 0.3 is 0 Å². The summed E-state index contributed by atoms with van der Waals surface area (Å²) in [6, 6.07) is 17.8. The molecular formula is C16H13N2O+. The molecule has 3 heteroatoms. The van der Waals surface area contributed by atoms with E-state index in [1.54, 1.807) is 6.07 Å². The lowest BCUT2D eigenvalue weighted by atomic mass is 10.1. The molecule has 0 aliphatic carbocycles. The smallest absolute Gasteiger partial charge is 0.177 e. The van der Waals surface area contributed by atoms with E-state index in [-0.39, 0.29) is 0 Å². The van der Waals surface area contributed by atoms with E-state index < -0.39 is 0 Å². The Morgan fingerprint density at radius 3 is 2.58 bits per heavy atom. The van der Waals surface area contributed by atoms with Gasteiger partial charge in [-0.15, -0.1) is 4.91 Å². The molecule has 3 aromatic rings. The molecule has 0 aliphatic rings. The van der Waals surface area contributed by atoms with Crippen LogP contribution in [0, 0.1) is 4.91 Å². The summed E-state index contributed by atoms with van der Waals surface area (Å²) in [4.78, 5) is 10.7. The maximum Gasteiger partial charge on any atom is 0.177 e. The van der Waals surface area contributed by atoms with Crippen molar-refractivity contribution in [1.29, 1.82) is 0 Å². The first-order valence-electron chi connectivity index (χ1n) is 6.16. The van der Waals surface area contributed by atoms with E-state index in [9.17, 15) is 4.91 Å². The zero-order valence-electron chi connectivity index (χ0n) is 10.4. The molecule has 0 spiro atoms. The van der Waals surface area contributed by atoms with Crippen LogP contribution in [0.1, 0.15) is 5.56 Å². The number of nitroso groups, excluding NO2 is 1. The number of fused-ring (bicyclic) bond motifs is 1. The molecule has 92 valence electrons. The lowest BCUT2D eigenvalue weighted by Gasteiger charge is -2.01. The molecule has 0 unspecified atom stereocenters. The van der Waals surface area contributed by atoms with Gasteiger partial charge in [0.25, 0.3) is 0 Å². The van der Waals surface area contributed by atoms with Crippen LogP contribution in [0.3, 0.4) is 0 Å². The van der Waals surface area contributed by atoms with Crippen molar-refractivity contribution in [1.82, 2.24) is 0 Å². The van der Waals surface area contributed by atoms with Crippen LogP contribution >= 0.6 is 0 Å². The predicted octanol–water partition coefficient (Wildman–Crippen LogP) is 3.57. The maximum absolute atomic E-state index is 10.7. The minimum Gasteiger partial charge on any atom is -0.200 e. The Hall–Kier alpha value is -2.55. The van der Waals surface area contributed by atoms with Crippen molar-refractivity contribution in [3.05, 3.63) is 77.5 Å². The largest absolute Gasteiger partial charge is 0.200 e. The molecule has 3 rings (SSSR count). The average Bonchev–Trinajstić information content (AvgIpc) is 2.47. The molecule has 0 saturated carbocycles. The lowest BCUT2D eigenvalue weighted by molar-refractivity contribution is -0.687.